The Balaban J connectivity index is 2.16. The van der Waals surface area contributed by atoms with Gasteiger partial charge in [0, 0.05) is 29.9 Å². The molecule has 1 aliphatic carbocycles. The lowest BCUT2D eigenvalue weighted by atomic mass is 9.89. The molecule has 0 amide bonds. The van der Waals surface area contributed by atoms with E-state index >= 15 is 0 Å². The van der Waals surface area contributed by atoms with E-state index in [0.29, 0.717) is 12.2 Å². The number of nitrogens with one attached hydrogen (secondary N) is 1. The second-order valence-corrected chi connectivity index (χ2v) is 5.70. The van der Waals surface area contributed by atoms with Crippen LogP contribution in [0.2, 0.25) is 0 Å². The van der Waals surface area contributed by atoms with Crippen molar-refractivity contribution < 1.29 is 13.7 Å². The van der Waals surface area contributed by atoms with Crippen molar-refractivity contribution in [2.45, 2.75) is 39.0 Å². The van der Waals surface area contributed by atoms with Gasteiger partial charge in [-0.05, 0) is 24.3 Å². The predicted octanol–water partition coefficient (Wildman–Crippen LogP) is 4.52. The summed E-state index contributed by atoms with van der Waals surface area (Å²) in [4.78, 5) is 9.99. The Morgan fingerprint density at radius 3 is 2.60 bits per heavy atom. The average molecular weight is 284 g/mol. The maximum atomic E-state index is 13.0. The molecule has 2 rings (SSSR count). The molecule has 6 heteroatoms. The minimum atomic E-state index is -2.73. The van der Waals surface area contributed by atoms with Crippen LogP contribution < -0.4 is 5.32 Å². The fraction of sp³-hybridized carbons (Fsp3) is 0.571. The minimum absolute atomic E-state index is 0.126. The zero-order valence-electron chi connectivity index (χ0n) is 11.4. The molecule has 0 spiro atoms. The fourth-order valence-corrected chi connectivity index (χ4v) is 2.72. The second-order valence-electron chi connectivity index (χ2n) is 5.70. The van der Waals surface area contributed by atoms with Crippen molar-refractivity contribution >= 4 is 11.4 Å². The van der Waals surface area contributed by atoms with Gasteiger partial charge in [0.2, 0.25) is 0 Å². The number of alkyl halides is 2. The van der Waals surface area contributed by atoms with Crippen molar-refractivity contribution in [1.29, 1.82) is 0 Å². The largest absolute Gasteiger partial charge is 0.384 e. The summed E-state index contributed by atoms with van der Waals surface area (Å²) in [5.41, 5.74) is -0.196. The molecule has 0 saturated heterocycles. The van der Waals surface area contributed by atoms with Crippen molar-refractivity contribution in [3.05, 3.63) is 33.9 Å². The van der Waals surface area contributed by atoms with Gasteiger partial charge in [0.15, 0.2) is 0 Å². The smallest absolute Gasteiger partial charge is 0.270 e. The zero-order valence-corrected chi connectivity index (χ0v) is 11.4. The van der Waals surface area contributed by atoms with Crippen molar-refractivity contribution in [3.63, 3.8) is 0 Å². The van der Waals surface area contributed by atoms with E-state index in [2.05, 4.69) is 12.2 Å². The van der Waals surface area contributed by atoms with Gasteiger partial charge in [-0.25, -0.2) is 8.78 Å². The predicted molar refractivity (Wildman–Crippen MR) is 73.1 cm³/mol. The molecule has 1 N–H and O–H groups in total. The number of non-ortho nitro benzene ring substituents is 1. The van der Waals surface area contributed by atoms with Gasteiger partial charge < -0.3 is 5.32 Å². The Morgan fingerprint density at radius 2 is 2.05 bits per heavy atom. The third-order valence-electron chi connectivity index (χ3n) is 4.00. The lowest BCUT2D eigenvalue weighted by molar-refractivity contribution is -0.385. The number of hydrogen-bond donors (Lipinski definition) is 1. The van der Waals surface area contributed by atoms with E-state index in [4.69, 9.17) is 0 Å². The highest BCUT2D eigenvalue weighted by Crippen LogP contribution is 2.38. The maximum Gasteiger partial charge on any atom is 0.270 e. The van der Waals surface area contributed by atoms with Crippen LogP contribution in [-0.4, -0.2) is 11.5 Å². The molecule has 110 valence electrons. The number of nitro benzene ring substituents is 1. The van der Waals surface area contributed by atoms with Gasteiger partial charge in [-0.1, -0.05) is 19.8 Å². The highest BCUT2D eigenvalue weighted by molar-refractivity contribution is 5.56. The Bertz CT molecular complexity index is 500. The van der Waals surface area contributed by atoms with Gasteiger partial charge >= 0.3 is 0 Å². The SMILES string of the molecule is CC1(CNc2ccc([N+](=O)[O-])cc2C(F)F)CCCC1. The molecular formula is C14H18F2N2O2. The van der Waals surface area contributed by atoms with Crippen molar-refractivity contribution in [2.24, 2.45) is 5.41 Å². The summed E-state index contributed by atoms with van der Waals surface area (Å²) >= 11 is 0. The molecule has 1 aliphatic rings. The maximum absolute atomic E-state index is 13.0. The van der Waals surface area contributed by atoms with Gasteiger partial charge in [0.1, 0.15) is 0 Å². The van der Waals surface area contributed by atoms with E-state index in [-0.39, 0.29) is 16.7 Å². The molecule has 0 aromatic heterocycles. The van der Waals surface area contributed by atoms with Gasteiger partial charge in [0.05, 0.1) is 4.92 Å². The van der Waals surface area contributed by atoms with E-state index < -0.39 is 11.3 Å². The molecule has 0 bridgehead atoms. The van der Waals surface area contributed by atoms with E-state index in [9.17, 15) is 18.9 Å². The van der Waals surface area contributed by atoms with Crippen molar-refractivity contribution in [3.8, 4) is 0 Å². The lowest BCUT2D eigenvalue weighted by Crippen LogP contribution is -2.23. The lowest BCUT2D eigenvalue weighted by Gasteiger charge is -2.25. The van der Waals surface area contributed by atoms with E-state index in [1.165, 1.54) is 25.0 Å². The summed E-state index contributed by atoms with van der Waals surface area (Å²) in [5.74, 6) is 0. The van der Waals surface area contributed by atoms with Crippen LogP contribution in [-0.2, 0) is 0 Å². The number of anilines is 1. The van der Waals surface area contributed by atoms with Crippen LogP contribution in [0.15, 0.2) is 18.2 Å². The molecule has 1 saturated carbocycles. The van der Waals surface area contributed by atoms with Crippen LogP contribution in [0.3, 0.4) is 0 Å². The Morgan fingerprint density at radius 1 is 1.40 bits per heavy atom. The second kappa shape index (κ2) is 5.73. The van der Waals surface area contributed by atoms with Crippen LogP contribution in [0.25, 0.3) is 0 Å². The Hall–Kier alpha value is -1.72. The first-order chi connectivity index (χ1) is 9.41. The molecule has 0 unspecified atom stereocenters. The number of benzene rings is 1. The highest BCUT2D eigenvalue weighted by Gasteiger charge is 2.29. The van der Waals surface area contributed by atoms with Gasteiger partial charge in [-0.15, -0.1) is 0 Å². The first-order valence-electron chi connectivity index (χ1n) is 6.72. The summed E-state index contributed by atoms with van der Waals surface area (Å²) in [6.07, 6.45) is 1.77. The summed E-state index contributed by atoms with van der Waals surface area (Å²) in [7, 11) is 0. The monoisotopic (exact) mass is 284 g/mol. The molecule has 0 radical (unpaired) electrons. The molecule has 0 heterocycles. The molecule has 1 fully saturated rings. The van der Waals surface area contributed by atoms with E-state index in [1.54, 1.807) is 0 Å². The summed E-state index contributed by atoms with van der Waals surface area (Å²) in [6, 6.07) is 3.58. The third-order valence-corrected chi connectivity index (χ3v) is 4.00. The molecule has 20 heavy (non-hydrogen) atoms. The molecule has 1 aromatic rings. The molecule has 1 aromatic carbocycles. The van der Waals surface area contributed by atoms with Gasteiger partial charge in [0.25, 0.3) is 12.1 Å². The first-order valence-corrected chi connectivity index (χ1v) is 6.72. The number of hydrogen-bond acceptors (Lipinski definition) is 3. The standard InChI is InChI=1S/C14H18F2N2O2/c1-14(6-2-3-7-14)9-17-12-5-4-10(18(19)20)8-11(12)13(15)16/h4-5,8,13,17H,2-3,6-7,9H2,1H3. The van der Waals surface area contributed by atoms with Crippen LogP contribution in [0, 0.1) is 15.5 Å². The number of nitro groups is 1. The zero-order chi connectivity index (χ0) is 14.8. The minimum Gasteiger partial charge on any atom is -0.384 e. The normalized spacial score (nSPS) is 17.4. The van der Waals surface area contributed by atoms with Crippen LogP contribution in [0.1, 0.15) is 44.6 Å². The highest BCUT2D eigenvalue weighted by atomic mass is 19.3. The molecule has 0 aliphatic heterocycles. The van der Waals surface area contributed by atoms with Crippen LogP contribution >= 0.6 is 0 Å². The molecule has 0 atom stereocenters. The number of rotatable bonds is 5. The van der Waals surface area contributed by atoms with Crippen LogP contribution in [0.5, 0.6) is 0 Å². The fourth-order valence-electron chi connectivity index (χ4n) is 2.72. The van der Waals surface area contributed by atoms with Crippen LogP contribution in [0.4, 0.5) is 20.2 Å². The van der Waals surface area contributed by atoms with Gasteiger partial charge in [-0.3, -0.25) is 10.1 Å². The topological polar surface area (TPSA) is 55.2 Å². The number of nitrogens with zero attached hydrogens (tertiary/aromatic N) is 1. The average Bonchev–Trinajstić information content (AvgIpc) is 2.83. The Labute approximate surface area is 116 Å². The first kappa shape index (κ1) is 14.7. The van der Waals surface area contributed by atoms with E-state index in [0.717, 1.165) is 18.9 Å². The number of halogens is 2. The summed E-state index contributed by atoms with van der Waals surface area (Å²) in [6.45, 7) is 2.75. The van der Waals surface area contributed by atoms with Crippen molar-refractivity contribution in [1.82, 2.24) is 0 Å². The summed E-state index contributed by atoms with van der Waals surface area (Å²) in [5, 5.41) is 13.7. The molecule has 4 nitrogen and oxygen atoms in total. The van der Waals surface area contributed by atoms with E-state index in [1.807, 2.05) is 0 Å². The van der Waals surface area contributed by atoms with Crippen molar-refractivity contribution in [2.75, 3.05) is 11.9 Å². The Kier molecular flexibility index (Phi) is 4.20. The quantitative estimate of drug-likeness (QED) is 0.638. The third kappa shape index (κ3) is 3.23. The molecular weight excluding hydrogens is 266 g/mol. The summed E-state index contributed by atoms with van der Waals surface area (Å²) < 4.78 is 26.0. The van der Waals surface area contributed by atoms with Gasteiger partial charge in [-0.2, -0.15) is 0 Å².